The van der Waals surface area contributed by atoms with E-state index < -0.39 is 5.25 Å². The van der Waals surface area contributed by atoms with Gasteiger partial charge in [-0.15, -0.1) is 0 Å². The van der Waals surface area contributed by atoms with Gasteiger partial charge in [-0.1, -0.05) is 0 Å². The summed E-state index contributed by atoms with van der Waals surface area (Å²) in [7, 11) is 2.65. The molecule has 1 rings (SSSR count). The first-order valence-corrected chi connectivity index (χ1v) is 4.88. The standard InChI is InChI=1S/C10H12O5S/c1-14-6-3-5(12)8(7(16)4-11)10(15-2)9(6)13/h3-4,7,12-13,16H,1-2H3. The number of hydrogen-bond acceptors (Lipinski definition) is 6. The fraction of sp³-hybridized carbons (Fsp3) is 0.300. The van der Waals surface area contributed by atoms with Crippen LogP contribution in [0, 0.1) is 0 Å². The van der Waals surface area contributed by atoms with Gasteiger partial charge in [-0.25, -0.2) is 0 Å². The molecule has 0 aliphatic carbocycles. The first-order valence-electron chi connectivity index (χ1n) is 4.37. The van der Waals surface area contributed by atoms with Crippen molar-refractivity contribution >= 4 is 18.9 Å². The zero-order valence-corrected chi connectivity index (χ0v) is 9.69. The summed E-state index contributed by atoms with van der Waals surface area (Å²) in [5.41, 5.74) is 0.110. The van der Waals surface area contributed by atoms with E-state index in [2.05, 4.69) is 12.6 Å². The van der Waals surface area contributed by atoms with E-state index >= 15 is 0 Å². The van der Waals surface area contributed by atoms with E-state index in [9.17, 15) is 15.0 Å². The summed E-state index contributed by atoms with van der Waals surface area (Å²) in [6.45, 7) is 0. The Labute approximate surface area is 98.0 Å². The van der Waals surface area contributed by atoms with Gasteiger partial charge in [0.15, 0.2) is 11.5 Å². The topological polar surface area (TPSA) is 76.0 Å². The lowest BCUT2D eigenvalue weighted by atomic mass is 10.1. The largest absolute Gasteiger partial charge is 0.507 e. The van der Waals surface area contributed by atoms with Crippen molar-refractivity contribution in [2.75, 3.05) is 14.2 Å². The van der Waals surface area contributed by atoms with Crippen molar-refractivity contribution in [1.29, 1.82) is 0 Å². The molecule has 0 spiro atoms. The second-order valence-corrected chi connectivity index (χ2v) is 3.53. The monoisotopic (exact) mass is 244 g/mol. The van der Waals surface area contributed by atoms with Crippen LogP contribution in [0.5, 0.6) is 23.0 Å². The molecule has 1 aromatic rings. The zero-order valence-electron chi connectivity index (χ0n) is 8.80. The average Bonchev–Trinajstić information content (AvgIpc) is 2.29. The number of thiol groups is 1. The number of ether oxygens (including phenoxy) is 2. The molecule has 16 heavy (non-hydrogen) atoms. The quantitative estimate of drug-likeness (QED) is 0.422. The Morgan fingerprint density at radius 2 is 2.00 bits per heavy atom. The molecule has 6 heteroatoms. The predicted molar refractivity (Wildman–Crippen MR) is 60.7 cm³/mol. The van der Waals surface area contributed by atoms with Gasteiger partial charge in [-0.3, -0.25) is 0 Å². The Hall–Kier alpha value is -1.56. The highest BCUT2D eigenvalue weighted by atomic mass is 32.1. The molecule has 1 unspecified atom stereocenters. The lowest BCUT2D eigenvalue weighted by Gasteiger charge is -2.15. The minimum absolute atomic E-state index is 0.0241. The number of carbonyl (C=O) groups is 1. The number of hydrogen-bond donors (Lipinski definition) is 3. The van der Waals surface area contributed by atoms with Crippen molar-refractivity contribution in [3.63, 3.8) is 0 Å². The average molecular weight is 244 g/mol. The third-order valence-corrected chi connectivity index (χ3v) is 2.47. The van der Waals surface area contributed by atoms with Crippen LogP contribution >= 0.6 is 12.6 Å². The molecule has 0 fully saturated rings. The number of methoxy groups -OCH3 is 2. The number of phenols is 2. The number of phenolic OH excluding ortho intramolecular Hbond substituents is 2. The molecule has 0 bridgehead atoms. The van der Waals surface area contributed by atoms with E-state index in [-0.39, 0.29) is 28.6 Å². The molecular formula is C10H12O5S. The Morgan fingerprint density at radius 3 is 2.44 bits per heavy atom. The summed E-state index contributed by atoms with van der Waals surface area (Å²) in [5.74, 6) is -0.467. The molecule has 0 saturated carbocycles. The van der Waals surface area contributed by atoms with Crippen LogP contribution in [0.4, 0.5) is 0 Å². The Balaban J connectivity index is 3.48. The molecule has 88 valence electrons. The lowest BCUT2D eigenvalue weighted by molar-refractivity contribution is -0.107. The predicted octanol–water partition coefficient (Wildman–Crippen LogP) is 1.28. The highest BCUT2D eigenvalue weighted by Crippen LogP contribution is 2.47. The first-order chi connectivity index (χ1) is 7.56. The van der Waals surface area contributed by atoms with E-state index in [1.165, 1.54) is 20.3 Å². The van der Waals surface area contributed by atoms with Crippen LogP contribution in [-0.4, -0.2) is 30.7 Å². The van der Waals surface area contributed by atoms with Crippen LogP contribution in [-0.2, 0) is 4.79 Å². The smallest absolute Gasteiger partial charge is 0.201 e. The number of carbonyl (C=O) groups excluding carboxylic acids is 1. The Morgan fingerprint density at radius 1 is 1.38 bits per heavy atom. The first kappa shape index (κ1) is 12.5. The molecular weight excluding hydrogens is 232 g/mol. The van der Waals surface area contributed by atoms with Crippen molar-refractivity contribution < 1.29 is 24.5 Å². The third kappa shape index (κ3) is 2.01. The molecule has 5 nitrogen and oxygen atoms in total. The minimum Gasteiger partial charge on any atom is -0.507 e. The zero-order chi connectivity index (χ0) is 12.3. The van der Waals surface area contributed by atoms with Gasteiger partial charge in [0.2, 0.25) is 5.75 Å². The maximum Gasteiger partial charge on any atom is 0.201 e. The van der Waals surface area contributed by atoms with Crippen LogP contribution in [0.3, 0.4) is 0 Å². The van der Waals surface area contributed by atoms with Gasteiger partial charge in [0.05, 0.1) is 25.0 Å². The normalized spacial score (nSPS) is 11.9. The summed E-state index contributed by atoms with van der Waals surface area (Å²) in [5, 5.41) is 18.5. The third-order valence-electron chi connectivity index (χ3n) is 2.09. The van der Waals surface area contributed by atoms with Gasteiger partial charge in [0.1, 0.15) is 12.0 Å². The fourth-order valence-electron chi connectivity index (χ4n) is 1.34. The van der Waals surface area contributed by atoms with Gasteiger partial charge < -0.3 is 24.5 Å². The van der Waals surface area contributed by atoms with Gasteiger partial charge in [0, 0.05) is 6.07 Å². The molecule has 0 aliphatic rings. The van der Waals surface area contributed by atoms with E-state index in [0.717, 1.165) is 0 Å². The summed E-state index contributed by atoms with van der Waals surface area (Å²) in [6.07, 6.45) is 0.520. The van der Waals surface area contributed by atoms with E-state index in [1.54, 1.807) is 0 Å². The van der Waals surface area contributed by atoms with Crippen molar-refractivity contribution in [3.8, 4) is 23.0 Å². The highest BCUT2D eigenvalue weighted by Gasteiger charge is 2.23. The molecule has 1 aromatic carbocycles. The molecule has 0 aromatic heterocycles. The number of benzene rings is 1. The van der Waals surface area contributed by atoms with Crippen LogP contribution in [0.2, 0.25) is 0 Å². The molecule has 0 aliphatic heterocycles. The second kappa shape index (κ2) is 4.98. The summed E-state index contributed by atoms with van der Waals surface area (Å²) in [4.78, 5) is 10.6. The van der Waals surface area contributed by atoms with Crippen molar-refractivity contribution in [2.45, 2.75) is 5.25 Å². The SMILES string of the molecule is COc1cc(O)c(C(S)C=O)c(OC)c1O. The van der Waals surface area contributed by atoms with Crippen LogP contribution in [0.1, 0.15) is 10.8 Å². The molecule has 0 radical (unpaired) electrons. The maximum absolute atomic E-state index is 10.6. The van der Waals surface area contributed by atoms with Gasteiger partial charge in [-0.2, -0.15) is 12.6 Å². The molecule has 2 N–H and O–H groups in total. The van der Waals surface area contributed by atoms with Crippen LogP contribution < -0.4 is 9.47 Å². The van der Waals surface area contributed by atoms with Crippen molar-refractivity contribution in [2.24, 2.45) is 0 Å². The fourth-order valence-corrected chi connectivity index (χ4v) is 1.59. The number of aldehydes is 1. The Kier molecular flexibility index (Phi) is 3.89. The lowest BCUT2D eigenvalue weighted by Crippen LogP contribution is -1.99. The van der Waals surface area contributed by atoms with E-state index in [0.29, 0.717) is 6.29 Å². The van der Waals surface area contributed by atoms with Crippen molar-refractivity contribution in [1.82, 2.24) is 0 Å². The summed E-state index contributed by atoms with van der Waals surface area (Å²) in [6, 6.07) is 1.19. The van der Waals surface area contributed by atoms with E-state index in [4.69, 9.17) is 9.47 Å². The summed E-state index contributed by atoms with van der Waals surface area (Å²) < 4.78 is 9.76. The number of rotatable bonds is 4. The maximum atomic E-state index is 10.6. The molecule has 1 atom stereocenters. The van der Waals surface area contributed by atoms with E-state index in [1.807, 2.05) is 0 Å². The molecule has 0 amide bonds. The van der Waals surface area contributed by atoms with Gasteiger partial charge in [-0.05, 0) is 0 Å². The second-order valence-electron chi connectivity index (χ2n) is 2.97. The summed E-state index contributed by atoms with van der Waals surface area (Å²) >= 11 is 3.96. The van der Waals surface area contributed by atoms with Crippen molar-refractivity contribution in [3.05, 3.63) is 11.6 Å². The van der Waals surface area contributed by atoms with Gasteiger partial charge >= 0.3 is 0 Å². The molecule has 0 heterocycles. The van der Waals surface area contributed by atoms with Gasteiger partial charge in [0.25, 0.3) is 0 Å². The minimum atomic E-state index is -0.883. The number of aromatic hydroxyl groups is 2. The van der Waals surface area contributed by atoms with Crippen LogP contribution in [0.15, 0.2) is 6.07 Å². The highest BCUT2D eigenvalue weighted by molar-refractivity contribution is 7.81. The Bertz CT molecular complexity index is 405. The van der Waals surface area contributed by atoms with Crippen LogP contribution in [0.25, 0.3) is 0 Å². The molecule has 0 saturated heterocycles.